The Morgan fingerprint density at radius 1 is 1.06 bits per heavy atom. The van der Waals surface area contributed by atoms with Gasteiger partial charge in [0.15, 0.2) is 0 Å². The zero-order chi connectivity index (χ0) is 12.8. The number of nitrogens with two attached hydrogens (primary N) is 1. The molecule has 1 aromatic carbocycles. The lowest BCUT2D eigenvalue weighted by atomic mass is 10.1. The van der Waals surface area contributed by atoms with Gasteiger partial charge in [0.1, 0.15) is 5.75 Å². The van der Waals surface area contributed by atoms with E-state index in [1.165, 1.54) is 0 Å². The SMILES string of the molecule is CC(C)OCC(N)c1ccccc1OC(C)C. The van der Waals surface area contributed by atoms with Crippen LogP contribution < -0.4 is 10.5 Å². The number of rotatable bonds is 6. The maximum Gasteiger partial charge on any atom is 0.124 e. The number of para-hydroxylation sites is 1. The molecule has 0 bridgehead atoms. The van der Waals surface area contributed by atoms with E-state index in [1.54, 1.807) is 0 Å². The molecule has 1 unspecified atom stereocenters. The second kappa shape index (κ2) is 6.62. The first-order chi connectivity index (χ1) is 8.00. The first-order valence-corrected chi connectivity index (χ1v) is 6.13. The minimum atomic E-state index is -0.146. The molecule has 0 aliphatic heterocycles. The zero-order valence-electron chi connectivity index (χ0n) is 11.1. The highest BCUT2D eigenvalue weighted by atomic mass is 16.5. The largest absolute Gasteiger partial charge is 0.491 e. The van der Waals surface area contributed by atoms with Crippen LogP contribution in [0.4, 0.5) is 0 Å². The third-order valence-corrected chi connectivity index (χ3v) is 2.29. The van der Waals surface area contributed by atoms with Gasteiger partial charge in [-0.25, -0.2) is 0 Å². The van der Waals surface area contributed by atoms with Crippen molar-refractivity contribution in [3.63, 3.8) is 0 Å². The van der Waals surface area contributed by atoms with E-state index in [2.05, 4.69) is 0 Å². The van der Waals surface area contributed by atoms with Crippen molar-refractivity contribution in [2.24, 2.45) is 5.73 Å². The van der Waals surface area contributed by atoms with Crippen LogP contribution in [0.3, 0.4) is 0 Å². The Hall–Kier alpha value is -1.06. The molecule has 2 N–H and O–H groups in total. The van der Waals surface area contributed by atoms with Crippen LogP contribution in [-0.4, -0.2) is 18.8 Å². The van der Waals surface area contributed by atoms with Crippen LogP contribution in [0.1, 0.15) is 39.3 Å². The van der Waals surface area contributed by atoms with E-state index < -0.39 is 0 Å². The molecule has 0 aliphatic rings. The van der Waals surface area contributed by atoms with E-state index in [1.807, 2.05) is 52.0 Å². The Balaban J connectivity index is 2.74. The maximum absolute atomic E-state index is 6.11. The van der Waals surface area contributed by atoms with Crippen LogP contribution in [0.2, 0.25) is 0 Å². The molecule has 0 spiro atoms. The first-order valence-electron chi connectivity index (χ1n) is 6.13. The fourth-order valence-electron chi connectivity index (χ4n) is 1.53. The normalized spacial score (nSPS) is 13.1. The number of hydrogen-bond acceptors (Lipinski definition) is 3. The van der Waals surface area contributed by atoms with E-state index in [4.69, 9.17) is 15.2 Å². The second-order valence-electron chi connectivity index (χ2n) is 4.69. The predicted molar refractivity (Wildman–Crippen MR) is 70.2 cm³/mol. The molecular weight excluding hydrogens is 214 g/mol. The van der Waals surface area contributed by atoms with Gasteiger partial charge in [0, 0.05) is 5.56 Å². The van der Waals surface area contributed by atoms with Gasteiger partial charge in [0.2, 0.25) is 0 Å². The molecule has 96 valence electrons. The van der Waals surface area contributed by atoms with Crippen molar-refractivity contribution in [3.05, 3.63) is 29.8 Å². The summed E-state index contributed by atoms with van der Waals surface area (Å²) in [6.45, 7) is 8.53. The summed E-state index contributed by atoms with van der Waals surface area (Å²) in [4.78, 5) is 0. The highest BCUT2D eigenvalue weighted by Gasteiger charge is 2.13. The van der Waals surface area contributed by atoms with Gasteiger partial charge in [-0.1, -0.05) is 18.2 Å². The average Bonchev–Trinajstić information content (AvgIpc) is 2.25. The van der Waals surface area contributed by atoms with Crippen molar-refractivity contribution in [2.45, 2.75) is 45.9 Å². The molecule has 1 aromatic rings. The van der Waals surface area contributed by atoms with Crippen LogP contribution >= 0.6 is 0 Å². The Morgan fingerprint density at radius 2 is 1.71 bits per heavy atom. The molecule has 0 heterocycles. The summed E-state index contributed by atoms with van der Waals surface area (Å²) >= 11 is 0. The molecule has 0 radical (unpaired) electrons. The van der Waals surface area contributed by atoms with Gasteiger partial charge < -0.3 is 15.2 Å². The lowest BCUT2D eigenvalue weighted by Crippen LogP contribution is -2.21. The van der Waals surface area contributed by atoms with Gasteiger partial charge >= 0.3 is 0 Å². The quantitative estimate of drug-likeness (QED) is 0.827. The Kier molecular flexibility index (Phi) is 5.45. The summed E-state index contributed by atoms with van der Waals surface area (Å²) in [7, 11) is 0. The van der Waals surface area contributed by atoms with Gasteiger partial charge in [-0.3, -0.25) is 0 Å². The zero-order valence-corrected chi connectivity index (χ0v) is 11.1. The molecule has 0 amide bonds. The number of ether oxygens (including phenoxy) is 2. The van der Waals surface area contributed by atoms with Gasteiger partial charge in [0.25, 0.3) is 0 Å². The summed E-state index contributed by atoms with van der Waals surface area (Å²) < 4.78 is 11.3. The van der Waals surface area contributed by atoms with Gasteiger partial charge in [-0.15, -0.1) is 0 Å². The molecule has 0 aromatic heterocycles. The standard InChI is InChI=1S/C14H23NO2/c1-10(2)16-9-13(15)12-7-5-6-8-14(12)17-11(3)4/h5-8,10-11,13H,9,15H2,1-4H3. The third-order valence-electron chi connectivity index (χ3n) is 2.29. The molecule has 1 atom stereocenters. The lowest BCUT2D eigenvalue weighted by molar-refractivity contribution is 0.0675. The predicted octanol–water partition coefficient (Wildman–Crippen LogP) is 2.90. The van der Waals surface area contributed by atoms with Crippen LogP contribution in [0, 0.1) is 0 Å². The highest BCUT2D eigenvalue weighted by Crippen LogP contribution is 2.24. The Morgan fingerprint density at radius 3 is 2.29 bits per heavy atom. The summed E-state index contributed by atoms with van der Waals surface area (Å²) in [5.41, 5.74) is 7.12. The van der Waals surface area contributed by atoms with E-state index in [-0.39, 0.29) is 18.2 Å². The number of hydrogen-bond donors (Lipinski definition) is 1. The second-order valence-corrected chi connectivity index (χ2v) is 4.69. The fourth-order valence-corrected chi connectivity index (χ4v) is 1.53. The minimum Gasteiger partial charge on any atom is -0.491 e. The molecule has 1 rings (SSSR count). The van der Waals surface area contributed by atoms with Crippen molar-refractivity contribution < 1.29 is 9.47 Å². The summed E-state index contributed by atoms with van der Waals surface area (Å²) in [5.74, 6) is 0.849. The summed E-state index contributed by atoms with van der Waals surface area (Å²) in [5, 5.41) is 0. The van der Waals surface area contributed by atoms with Crippen LogP contribution in [0.5, 0.6) is 5.75 Å². The highest BCUT2D eigenvalue weighted by molar-refractivity contribution is 5.35. The molecule has 3 heteroatoms. The van der Waals surface area contributed by atoms with Gasteiger partial charge in [-0.05, 0) is 33.8 Å². The smallest absolute Gasteiger partial charge is 0.124 e. The van der Waals surface area contributed by atoms with Crippen molar-refractivity contribution in [2.75, 3.05) is 6.61 Å². The third kappa shape index (κ3) is 4.75. The average molecular weight is 237 g/mol. The Labute approximate surface area is 104 Å². The fraction of sp³-hybridized carbons (Fsp3) is 0.571. The number of benzene rings is 1. The summed E-state index contributed by atoms with van der Waals surface area (Å²) in [6.07, 6.45) is 0.341. The van der Waals surface area contributed by atoms with Gasteiger partial charge in [-0.2, -0.15) is 0 Å². The molecular formula is C14H23NO2. The monoisotopic (exact) mass is 237 g/mol. The summed E-state index contributed by atoms with van der Waals surface area (Å²) in [6, 6.07) is 7.72. The molecule has 17 heavy (non-hydrogen) atoms. The minimum absolute atomic E-state index is 0.146. The Bertz CT molecular complexity index is 337. The van der Waals surface area contributed by atoms with E-state index in [0.29, 0.717) is 6.61 Å². The van der Waals surface area contributed by atoms with E-state index >= 15 is 0 Å². The van der Waals surface area contributed by atoms with E-state index in [0.717, 1.165) is 11.3 Å². The van der Waals surface area contributed by atoms with Gasteiger partial charge in [0.05, 0.1) is 24.9 Å². The lowest BCUT2D eigenvalue weighted by Gasteiger charge is -2.19. The molecule has 0 saturated heterocycles. The molecule has 0 aliphatic carbocycles. The maximum atomic E-state index is 6.11. The van der Waals surface area contributed by atoms with Crippen LogP contribution in [-0.2, 0) is 4.74 Å². The van der Waals surface area contributed by atoms with Crippen LogP contribution in [0.25, 0.3) is 0 Å². The molecule has 0 saturated carbocycles. The van der Waals surface area contributed by atoms with Crippen molar-refractivity contribution in [3.8, 4) is 5.75 Å². The van der Waals surface area contributed by atoms with Crippen molar-refractivity contribution in [1.82, 2.24) is 0 Å². The van der Waals surface area contributed by atoms with Crippen molar-refractivity contribution >= 4 is 0 Å². The van der Waals surface area contributed by atoms with E-state index in [9.17, 15) is 0 Å². The van der Waals surface area contributed by atoms with Crippen LogP contribution in [0.15, 0.2) is 24.3 Å². The molecule has 3 nitrogen and oxygen atoms in total. The van der Waals surface area contributed by atoms with Crippen molar-refractivity contribution in [1.29, 1.82) is 0 Å². The first kappa shape index (κ1) is 14.0. The topological polar surface area (TPSA) is 44.5 Å². The molecule has 0 fully saturated rings.